The minimum Gasteiger partial charge on any atom is -0.476 e. The smallest absolute Gasteiger partial charge is 0.242 e. The van der Waals surface area contributed by atoms with E-state index in [9.17, 15) is 0 Å². The molecule has 0 bridgehead atoms. The lowest BCUT2D eigenvalue weighted by Gasteiger charge is -2.21. The summed E-state index contributed by atoms with van der Waals surface area (Å²) < 4.78 is 10.7. The van der Waals surface area contributed by atoms with Crippen molar-refractivity contribution >= 4 is 11.5 Å². The van der Waals surface area contributed by atoms with Crippen LogP contribution in [-0.2, 0) is 4.74 Å². The van der Waals surface area contributed by atoms with Gasteiger partial charge in [-0.05, 0) is 20.3 Å². The number of nitrogens with zero attached hydrogens (tertiary/aromatic N) is 2. The quantitative estimate of drug-likeness (QED) is 0.821. The molecule has 0 spiro atoms. The highest BCUT2D eigenvalue weighted by atomic mass is 16.5. The lowest BCUT2D eigenvalue weighted by molar-refractivity contribution is 0.183. The highest BCUT2D eigenvalue weighted by Crippen LogP contribution is 2.27. The summed E-state index contributed by atoms with van der Waals surface area (Å²) in [4.78, 5) is 8.17. The maximum absolute atomic E-state index is 5.97. The van der Waals surface area contributed by atoms with E-state index in [1.165, 1.54) is 6.33 Å². The number of nitrogens with one attached hydrogen (secondary N) is 1. The van der Waals surface area contributed by atoms with Crippen LogP contribution in [-0.4, -0.2) is 35.8 Å². The monoisotopic (exact) mass is 252 g/mol. The zero-order chi connectivity index (χ0) is 13.0. The third-order valence-electron chi connectivity index (χ3n) is 3.16. The molecule has 1 fully saturated rings. The molecule has 1 aliphatic heterocycles. The highest BCUT2D eigenvalue weighted by Gasteiger charge is 2.23. The average Bonchev–Trinajstić information content (AvgIpc) is 2.88. The van der Waals surface area contributed by atoms with Crippen molar-refractivity contribution in [2.24, 2.45) is 5.92 Å². The Morgan fingerprint density at radius 2 is 2.44 bits per heavy atom. The fourth-order valence-electron chi connectivity index (χ4n) is 2.03. The van der Waals surface area contributed by atoms with Crippen LogP contribution >= 0.6 is 0 Å². The number of rotatable bonds is 5. The Labute approximate surface area is 107 Å². The zero-order valence-corrected chi connectivity index (χ0v) is 10.8. The molecule has 2 unspecified atom stereocenters. The van der Waals surface area contributed by atoms with Crippen LogP contribution in [0.2, 0.25) is 0 Å². The summed E-state index contributed by atoms with van der Waals surface area (Å²) in [6.07, 6.45) is 2.53. The summed E-state index contributed by atoms with van der Waals surface area (Å²) >= 11 is 0. The van der Waals surface area contributed by atoms with Gasteiger partial charge in [0.2, 0.25) is 5.88 Å². The molecular formula is C12H20N4O2. The Morgan fingerprint density at radius 3 is 3.11 bits per heavy atom. The molecule has 1 aromatic rings. The summed E-state index contributed by atoms with van der Waals surface area (Å²) in [6.45, 7) is 6.17. The Kier molecular flexibility index (Phi) is 4.19. The second-order valence-corrected chi connectivity index (χ2v) is 4.43. The summed E-state index contributed by atoms with van der Waals surface area (Å²) in [7, 11) is 0. The molecule has 1 aromatic heterocycles. The van der Waals surface area contributed by atoms with Gasteiger partial charge in [0.1, 0.15) is 12.0 Å². The first-order valence-electron chi connectivity index (χ1n) is 6.30. The van der Waals surface area contributed by atoms with Crippen LogP contribution in [0, 0.1) is 5.92 Å². The predicted octanol–water partition coefficient (Wildman–Crippen LogP) is 1.29. The lowest BCUT2D eigenvalue weighted by atomic mass is 10.0. The van der Waals surface area contributed by atoms with Crippen molar-refractivity contribution in [2.45, 2.75) is 26.3 Å². The molecule has 0 aromatic carbocycles. The third-order valence-corrected chi connectivity index (χ3v) is 3.16. The zero-order valence-electron chi connectivity index (χ0n) is 10.8. The number of aromatic nitrogens is 2. The van der Waals surface area contributed by atoms with Crippen LogP contribution in [0.3, 0.4) is 0 Å². The van der Waals surface area contributed by atoms with Crippen LogP contribution in [0.1, 0.15) is 20.3 Å². The fourth-order valence-corrected chi connectivity index (χ4v) is 2.03. The van der Waals surface area contributed by atoms with Crippen LogP contribution in [0.4, 0.5) is 11.5 Å². The number of hydrogen-bond acceptors (Lipinski definition) is 6. The van der Waals surface area contributed by atoms with Gasteiger partial charge in [-0.25, -0.2) is 4.98 Å². The van der Waals surface area contributed by atoms with Crippen molar-refractivity contribution in [3.05, 3.63) is 6.33 Å². The second kappa shape index (κ2) is 5.86. The topological polar surface area (TPSA) is 82.3 Å². The van der Waals surface area contributed by atoms with Crippen LogP contribution in [0.5, 0.6) is 5.88 Å². The molecule has 2 rings (SSSR count). The molecule has 6 heteroatoms. The highest BCUT2D eigenvalue weighted by molar-refractivity contribution is 5.66. The van der Waals surface area contributed by atoms with E-state index in [1.807, 2.05) is 6.92 Å². The first-order valence-corrected chi connectivity index (χ1v) is 6.30. The van der Waals surface area contributed by atoms with Crippen molar-refractivity contribution in [2.75, 3.05) is 30.9 Å². The molecule has 100 valence electrons. The minimum absolute atomic E-state index is 0.263. The maximum Gasteiger partial charge on any atom is 0.242 e. The van der Waals surface area contributed by atoms with Gasteiger partial charge in [-0.15, -0.1) is 0 Å². The number of ether oxygens (including phenoxy) is 2. The molecule has 18 heavy (non-hydrogen) atoms. The van der Waals surface area contributed by atoms with E-state index in [0.717, 1.165) is 19.6 Å². The van der Waals surface area contributed by atoms with Crippen molar-refractivity contribution in [1.29, 1.82) is 0 Å². The summed E-state index contributed by atoms with van der Waals surface area (Å²) in [5, 5.41) is 3.31. The largest absolute Gasteiger partial charge is 0.476 e. The van der Waals surface area contributed by atoms with E-state index in [0.29, 0.717) is 29.9 Å². The molecule has 0 saturated carbocycles. The van der Waals surface area contributed by atoms with Crippen molar-refractivity contribution in [1.82, 2.24) is 9.97 Å². The maximum atomic E-state index is 5.97. The van der Waals surface area contributed by atoms with E-state index < -0.39 is 0 Å². The molecule has 1 saturated heterocycles. The Bertz CT molecular complexity index is 394. The lowest BCUT2D eigenvalue weighted by Crippen LogP contribution is -2.27. The summed E-state index contributed by atoms with van der Waals surface area (Å²) in [5.74, 6) is 1.56. The molecular weight excluding hydrogens is 232 g/mol. The van der Waals surface area contributed by atoms with Gasteiger partial charge in [0.25, 0.3) is 0 Å². The molecule has 2 atom stereocenters. The van der Waals surface area contributed by atoms with Gasteiger partial charge in [-0.1, -0.05) is 0 Å². The van der Waals surface area contributed by atoms with Gasteiger partial charge in [-0.2, -0.15) is 4.98 Å². The van der Waals surface area contributed by atoms with Gasteiger partial charge in [0, 0.05) is 18.6 Å². The molecule has 6 nitrogen and oxygen atoms in total. The first kappa shape index (κ1) is 12.9. The van der Waals surface area contributed by atoms with Crippen LogP contribution in [0.25, 0.3) is 0 Å². The molecule has 2 heterocycles. The average molecular weight is 252 g/mol. The minimum atomic E-state index is 0.263. The third kappa shape index (κ3) is 2.81. The molecule has 0 aliphatic carbocycles. The van der Waals surface area contributed by atoms with E-state index in [-0.39, 0.29) is 6.04 Å². The first-order chi connectivity index (χ1) is 8.72. The number of nitrogens with two attached hydrogens (primary N) is 1. The molecule has 0 amide bonds. The van der Waals surface area contributed by atoms with E-state index >= 15 is 0 Å². The number of hydrogen-bond donors (Lipinski definition) is 2. The van der Waals surface area contributed by atoms with E-state index in [1.54, 1.807) is 0 Å². The summed E-state index contributed by atoms with van der Waals surface area (Å²) in [6, 6.07) is 0.263. The van der Waals surface area contributed by atoms with Gasteiger partial charge < -0.3 is 20.5 Å². The van der Waals surface area contributed by atoms with Crippen LogP contribution < -0.4 is 15.8 Å². The molecule has 1 aliphatic rings. The van der Waals surface area contributed by atoms with Crippen molar-refractivity contribution in [3.63, 3.8) is 0 Å². The predicted molar refractivity (Wildman–Crippen MR) is 69.6 cm³/mol. The van der Waals surface area contributed by atoms with E-state index in [2.05, 4.69) is 22.2 Å². The number of anilines is 2. The molecule has 3 N–H and O–H groups in total. The SMILES string of the molecule is CCOc1ncnc(NC(C)C2CCOC2)c1N. The normalized spacial score (nSPS) is 20.7. The van der Waals surface area contributed by atoms with Gasteiger partial charge >= 0.3 is 0 Å². The van der Waals surface area contributed by atoms with Gasteiger partial charge in [0.15, 0.2) is 5.82 Å². The van der Waals surface area contributed by atoms with E-state index in [4.69, 9.17) is 15.2 Å². The molecule has 0 radical (unpaired) electrons. The van der Waals surface area contributed by atoms with Gasteiger partial charge in [0.05, 0.1) is 13.2 Å². The Morgan fingerprint density at radius 1 is 1.61 bits per heavy atom. The Balaban J connectivity index is 2.06. The summed E-state index contributed by atoms with van der Waals surface area (Å²) in [5.41, 5.74) is 6.44. The van der Waals surface area contributed by atoms with Crippen LogP contribution in [0.15, 0.2) is 6.33 Å². The number of nitrogen functional groups attached to an aromatic ring is 1. The standard InChI is InChI=1S/C12H20N4O2/c1-3-18-12-10(13)11(14-7-15-12)16-8(2)9-4-5-17-6-9/h7-9H,3-6,13H2,1-2H3,(H,14,15,16). The second-order valence-electron chi connectivity index (χ2n) is 4.43. The van der Waals surface area contributed by atoms with Crippen molar-refractivity contribution in [3.8, 4) is 5.88 Å². The Hall–Kier alpha value is -1.56. The fraction of sp³-hybridized carbons (Fsp3) is 0.667. The van der Waals surface area contributed by atoms with Crippen molar-refractivity contribution < 1.29 is 9.47 Å². The van der Waals surface area contributed by atoms with Gasteiger partial charge in [-0.3, -0.25) is 0 Å².